The van der Waals surface area contributed by atoms with E-state index in [0.29, 0.717) is 6.42 Å². The van der Waals surface area contributed by atoms with Crippen LogP contribution in [0.5, 0.6) is 0 Å². The van der Waals surface area contributed by atoms with Crippen LogP contribution in [0.15, 0.2) is 30.3 Å². The molecule has 0 bridgehead atoms. The van der Waals surface area contributed by atoms with Crippen molar-refractivity contribution in [2.24, 2.45) is 5.73 Å². The topological polar surface area (TPSA) is 38.0 Å². The van der Waals surface area contributed by atoms with Crippen molar-refractivity contribution in [3.63, 3.8) is 0 Å². The number of nitrogens with two attached hydrogens (primary N) is 1. The summed E-state index contributed by atoms with van der Waals surface area (Å²) in [6.45, 7) is -0.959. The molecule has 0 saturated carbocycles. The summed E-state index contributed by atoms with van der Waals surface area (Å²) in [7, 11) is 0. The number of halogens is 4. The maximum Gasteiger partial charge on any atom is 0.319 e. The smallest absolute Gasteiger partial charge is 0.319 e. The van der Waals surface area contributed by atoms with Crippen LogP contribution in [0.4, 0.5) is 17.6 Å². The Kier molecular flexibility index (Phi) is 6.24. The number of hydrogen-bond acceptors (Lipinski definition) is 2. The zero-order chi connectivity index (χ0) is 14.3. The van der Waals surface area contributed by atoms with Gasteiger partial charge in [-0.05, 0) is 18.4 Å². The highest BCUT2D eigenvalue weighted by Gasteiger charge is 2.40. The molecule has 0 spiro atoms. The van der Waals surface area contributed by atoms with Crippen LogP contribution >= 0.6 is 0 Å². The van der Waals surface area contributed by atoms with Crippen LogP contribution in [0, 0.1) is 0 Å². The lowest BCUT2D eigenvalue weighted by atomic mass is 10.1. The minimum absolute atomic E-state index is 0.0924. The molecule has 0 radical (unpaired) electrons. The van der Waals surface area contributed by atoms with E-state index in [2.05, 4.69) is 5.32 Å². The van der Waals surface area contributed by atoms with Gasteiger partial charge in [-0.25, -0.2) is 8.78 Å². The summed E-state index contributed by atoms with van der Waals surface area (Å²) in [5.41, 5.74) is 6.84. The number of rotatable bonds is 8. The summed E-state index contributed by atoms with van der Waals surface area (Å²) >= 11 is 0. The second-order valence-electron chi connectivity index (χ2n) is 4.48. The number of hydrogen-bond donors (Lipinski definition) is 2. The fourth-order valence-corrected chi connectivity index (χ4v) is 1.60. The predicted octanol–water partition coefficient (Wildman–Crippen LogP) is 2.44. The summed E-state index contributed by atoms with van der Waals surface area (Å²) in [6.07, 6.45) is -2.31. The molecule has 6 heteroatoms. The van der Waals surface area contributed by atoms with E-state index in [1.807, 2.05) is 30.3 Å². The van der Waals surface area contributed by atoms with Crippen molar-refractivity contribution in [3.8, 4) is 0 Å². The van der Waals surface area contributed by atoms with Crippen LogP contribution in [0.3, 0.4) is 0 Å². The largest absolute Gasteiger partial charge is 0.327 e. The Morgan fingerprint density at radius 3 is 2.37 bits per heavy atom. The summed E-state index contributed by atoms with van der Waals surface area (Å²) in [5.74, 6) is -4.00. The molecule has 0 saturated heterocycles. The molecule has 3 N–H and O–H groups in total. The lowest BCUT2D eigenvalue weighted by molar-refractivity contribution is -0.125. The lowest BCUT2D eigenvalue weighted by Gasteiger charge is -2.18. The number of nitrogens with one attached hydrogen (secondary N) is 1. The second kappa shape index (κ2) is 7.45. The first-order valence-corrected chi connectivity index (χ1v) is 6.08. The van der Waals surface area contributed by atoms with Gasteiger partial charge in [0.2, 0.25) is 0 Å². The van der Waals surface area contributed by atoms with Crippen molar-refractivity contribution in [3.05, 3.63) is 35.9 Å². The van der Waals surface area contributed by atoms with E-state index in [9.17, 15) is 17.6 Å². The van der Waals surface area contributed by atoms with Gasteiger partial charge in [-0.2, -0.15) is 8.78 Å². The van der Waals surface area contributed by atoms with Gasteiger partial charge in [-0.15, -0.1) is 0 Å². The van der Waals surface area contributed by atoms with Crippen LogP contribution in [0.25, 0.3) is 0 Å². The van der Waals surface area contributed by atoms with Gasteiger partial charge >= 0.3 is 12.3 Å². The van der Waals surface area contributed by atoms with E-state index in [-0.39, 0.29) is 12.6 Å². The molecule has 2 nitrogen and oxygen atoms in total. The molecule has 1 unspecified atom stereocenters. The third-order valence-electron chi connectivity index (χ3n) is 2.73. The maximum atomic E-state index is 12.6. The quantitative estimate of drug-likeness (QED) is 0.717. The molecule has 0 aromatic heterocycles. The highest BCUT2D eigenvalue weighted by atomic mass is 19.3. The molecular weight excluding hydrogens is 260 g/mol. The van der Waals surface area contributed by atoms with Crippen LogP contribution in [-0.2, 0) is 6.42 Å². The Balaban J connectivity index is 2.20. The molecule has 0 aliphatic carbocycles. The molecule has 1 rings (SSSR count). The molecule has 19 heavy (non-hydrogen) atoms. The second-order valence-corrected chi connectivity index (χ2v) is 4.48. The van der Waals surface area contributed by atoms with Gasteiger partial charge in [-0.3, -0.25) is 0 Å². The minimum Gasteiger partial charge on any atom is -0.327 e. The Morgan fingerprint density at radius 2 is 1.79 bits per heavy atom. The molecule has 1 atom stereocenters. The first kappa shape index (κ1) is 15.9. The van der Waals surface area contributed by atoms with Crippen LogP contribution in [0.2, 0.25) is 0 Å². The fourth-order valence-electron chi connectivity index (χ4n) is 1.60. The Bertz CT molecular complexity index is 357. The van der Waals surface area contributed by atoms with Gasteiger partial charge in [0.05, 0.1) is 6.54 Å². The Hall–Kier alpha value is -1.14. The van der Waals surface area contributed by atoms with Crippen molar-refractivity contribution >= 4 is 0 Å². The summed E-state index contributed by atoms with van der Waals surface area (Å²) in [4.78, 5) is 0. The van der Waals surface area contributed by atoms with E-state index < -0.39 is 18.9 Å². The van der Waals surface area contributed by atoms with Crippen LogP contribution in [-0.4, -0.2) is 31.5 Å². The first-order chi connectivity index (χ1) is 8.92. The predicted molar refractivity (Wildman–Crippen MR) is 66.6 cm³/mol. The minimum atomic E-state index is -4.00. The average Bonchev–Trinajstić information content (AvgIpc) is 2.37. The Morgan fingerprint density at radius 1 is 1.16 bits per heavy atom. The standard InChI is InChI=1S/C13H18F4N2/c14-12(15)13(16,17)9-19-8-11(18)7-6-10-4-2-1-3-5-10/h1-5,11-12,19H,6-9,18H2. The number of benzene rings is 1. The third kappa shape index (κ3) is 6.02. The van der Waals surface area contributed by atoms with Crippen LogP contribution < -0.4 is 11.1 Å². The van der Waals surface area contributed by atoms with Crippen LogP contribution in [0.1, 0.15) is 12.0 Å². The maximum absolute atomic E-state index is 12.6. The molecule has 0 heterocycles. The van der Waals surface area contributed by atoms with Crippen molar-refractivity contribution in [2.75, 3.05) is 13.1 Å². The van der Waals surface area contributed by atoms with Crippen molar-refractivity contribution in [1.82, 2.24) is 5.32 Å². The fraction of sp³-hybridized carbons (Fsp3) is 0.538. The highest BCUT2D eigenvalue weighted by Crippen LogP contribution is 2.21. The molecule has 0 amide bonds. The summed E-state index contributed by atoms with van der Waals surface area (Å²) in [6, 6.07) is 9.27. The zero-order valence-corrected chi connectivity index (χ0v) is 10.5. The van der Waals surface area contributed by atoms with Gasteiger partial charge in [0.25, 0.3) is 0 Å². The zero-order valence-electron chi connectivity index (χ0n) is 10.5. The van der Waals surface area contributed by atoms with Crippen molar-refractivity contribution in [2.45, 2.75) is 31.2 Å². The van der Waals surface area contributed by atoms with Gasteiger partial charge in [0.1, 0.15) is 0 Å². The average molecular weight is 278 g/mol. The normalized spacial score (nSPS) is 13.8. The third-order valence-corrected chi connectivity index (χ3v) is 2.73. The van der Waals surface area contributed by atoms with E-state index in [1.54, 1.807) is 0 Å². The first-order valence-electron chi connectivity index (χ1n) is 6.08. The molecule has 0 aliphatic heterocycles. The molecule has 0 fully saturated rings. The van der Waals surface area contributed by atoms with Gasteiger partial charge in [0, 0.05) is 12.6 Å². The van der Waals surface area contributed by atoms with Crippen molar-refractivity contribution < 1.29 is 17.6 Å². The molecule has 108 valence electrons. The highest BCUT2D eigenvalue weighted by molar-refractivity contribution is 5.14. The van der Waals surface area contributed by atoms with Gasteiger partial charge in [0.15, 0.2) is 0 Å². The molecular formula is C13H18F4N2. The van der Waals surface area contributed by atoms with E-state index in [1.165, 1.54) is 0 Å². The SMILES string of the molecule is NC(CCc1ccccc1)CNCC(F)(F)C(F)F. The van der Waals surface area contributed by atoms with E-state index in [4.69, 9.17) is 5.73 Å². The molecule has 1 aromatic carbocycles. The van der Waals surface area contributed by atoms with Gasteiger partial charge < -0.3 is 11.1 Å². The van der Waals surface area contributed by atoms with E-state index in [0.717, 1.165) is 12.0 Å². The summed E-state index contributed by atoms with van der Waals surface area (Å²) in [5, 5.41) is 2.29. The molecule has 0 aliphatic rings. The summed E-state index contributed by atoms with van der Waals surface area (Å²) < 4.78 is 49.0. The monoisotopic (exact) mass is 278 g/mol. The van der Waals surface area contributed by atoms with Crippen molar-refractivity contribution in [1.29, 1.82) is 0 Å². The van der Waals surface area contributed by atoms with E-state index >= 15 is 0 Å². The number of aryl methyl sites for hydroxylation is 1. The van der Waals surface area contributed by atoms with Gasteiger partial charge in [-0.1, -0.05) is 30.3 Å². The lowest BCUT2D eigenvalue weighted by Crippen LogP contribution is -2.43. The Labute approximate surface area is 110 Å². The number of alkyl halides is 4. The molecule has 1 aromatic rings.